The third-order valence-electron chi connectivity index (χ3n) is 5.29. The van der Waals surface area contributed by atoms with Crippen LogP contribution in [0.5, 0.6) is 5.75 Å². The monoisotopic (exact) mass is 464 g/mol. The van der Waals surface area contributed by atoms with Gasteiger partial charge in [0.2, 0.25) is 0 Å². The van der Waals surface area contributed by atoms with Gasteiger partial charge < -0.3 is 10.1 Å². The van der Waals surface area contributed by atoms with E-state index in [0.29, 0.717) is 28.6 Å². The van der Waals surface area contributed by atoms with Crippen molar-refractivity contribution >= 4 is 40.0 Å². The summed E-state index contributed by atoms with van der Waals surface area (Å²) in [4.78, 5) is 18.0. The number of nitrogens with one attached hydrogen (secondary N) is 1. The van der Waals surface area contributed by atoms with E-state index in [0.717, 1.165) is 39.0 Å². The summed E-state index contributed by atoms with van der Waals surface area (Å²) in [6.45, 7) is 2.45. The van der Waals surface area contributed by atoms with Gasteiger partial charge in [-0.25, -0.2) is 4.98 Å². The average Bonchev–Trinajstić information content (AvgIpc) is 2.79. The van der Waals surface area contributed by atoms with E-state index in [4.69, 9.17) is 32.9 Å². The van der Waals surface area contributed by atoms with Crippen molar-refractivity contribution in [3.8, 4) is 17.0 Å². The summed E-state index contributed by atoms with van der Waals surface area (Å²) in [6, 6.07) is 20.8. The summed E-state index contributed by atoms with van der Waals surface area (Å²) in [5, 5.41) is 5.03. The van der Waals surface area contributed by atoms with Crippen molar-refractivity contribution in [1.29, 1.82) is 0 Å². The summed E-state index contributed by atoms with van der Waals surface area (Å²) in [5.41, 5.74) is 5.01. The van der Waals surface area contributed by atoms with Gasteiger partial charge in [-0.05, 0) is 73.5 Å². The topological polar surface area (TPSA) is 51.2 Å². The van der Waals surface area contributed by atoms with E-state index in [1.807, 2.05) is 61.5 Å². The van der Waals surface area contributed by atoms with Crippen LogP contribution in [0.15, 0.2) is 66.7 Å². The number of hydrogen-bond donors (Lipinski definition) is 1. The molecule has 3 aromatic carbocycles. The third-order valence-corrected chi connectivity index (χ3v) is 5.88. The molecular weight excluding hydrogens is 443 g/mol. The molecule has 0 radical (unpaired) electrons. The van der Waals surface area contributed by atoms with Crippen LogP contribution in [0.1, 0.15) is 21.5 Å². The molecule has 0 aliphatic carbocycles. The van der Waals surface area contributed by atoms with Crippen molar-refractivity contribution in [2.45, 2.75) is 13.3 Å². The van der Waals surface area contributed by atoms with Crippen LogP contribution in [0.25, 0.3) is 22.2 Å². The molecule has 32 heavy (non-hydrogen) atoms. The van der Waals surface area contributed by atoms with Gasteiger partial charge in [-0.15, -0.1) is 0 Å². The van der Waals surface area contributed by atoms with Gasteiger partial charge in [-0.3, -0.25) is 4.79 Å². The Morgan fingerprint density at radius 3 is 2.50 bits per heavy atom. The van der Waals surface area contributed by atoms with Crippen LogP contribution in [0, 0.1) is 6.92 Å². The molecular formula is C26H22Cl2N2O2. The van der Waals surface area contributed by atoms with Crippen molar-refractivity contribution in [1.82, 2.24) is 10.3 Å². The van der Waals surface area contributed by atoms with E-state index in [2.05, 4.69) is 5.32 Å². The van der Waals surface area contributed by atoms with Crippen LogP contribution in [-0.4, -0.2) is 24.5 Å². The summed E-state index contributed by atoms with van der Waals surface area (Å²) in [6.07, 6.45) is 0.606. The number of rotatable bonds is 6. The molecule has 0 saturated carbocycles. The molecule has 0 fully saturated rings. The van der Waals surface area contributed by atoms with E-state index in [1.165, 1.54) is 0 Å². The van der Waals surface area contributed by atoms with Crippen LogP contribution in [0.3, 0.4) is 0 Å². The molecule has 0 aliphatic rings. The fourth-order valence-corrected chi connectivity index (χ4v) is 4.07. The predicted octanol–water partition coefficient (Wildman–Crippen LogP) is 6.50. The first kappa shape index (κ1) is 22.1. The first-order chi connectivity index (χ1) is 15.4. The van der Waals surface area contributed by atoms with E-state index < -0.39 is 0 Å². The number of pyridine rings is 1. The maximum atomic E-state index is 13.2. The maximum absolute atomic E-state index is 13.2. The van der Waals surface area contributed by atoms with E-state index in [9.17, 15) is 4.79 Å². The minimum absolute atomic E-state index is 0.150. The predicted molar refractivity (Wildman–Crippen MR) is 131 cm³/mol. The minimum Gasteiger partial charge on any atom is -0.497 e. The van der Waals surface area contributed by atoms with Crippen molar-refractivity contribution in [2.75, 3.05) is 13.7 Å². The van der Waals surface area contributed by atoms with Crippen LogP contribution in [0.2, 0.25) is 10.0 Å². The number of halogens is 2. The first-order valence-electron chi connectivity index (χ1n) is 10.2. The lowest BCUT2D eigenvalue weighted by Crippen LogP contribution is -2.26. The molecule has 1 heterocycles. The van der Waals surface area contributed by atoms with Gasteiger partial charge in [-0.1, -0.05) is 40.9 Å². The molecule has 6 heteroatoms. The third kappa shape index (κ3) is 4.87. The Kier molecular flexibility index (Phi) is 6.63. The molecule has 0 atom stereocenters. The quantitative estimate of drug-likeness (QED) is 0.354. The molecule has 4 aromatic rings. The molecule has 0 unspecified atom stereocenters. The lowest BCUT2D eigenvalue weighted by molar-refractivity contribution is 0.0955. The van der Waals surface area contributed by atoms with Gasteiger partial charge in [-0.2, -0.15) is 0 Å². The number of carbonyl (C=O) groups is 1. The molecule has 1 aromatic heterocycles. The molecule has 4 nitrogen and oxygen atoms in total. The van der Waals surface area contributed by atoms with Crippen molar-refractivity contribution in [2.24, 2.45) is 0 Å². The number of ether oxygens (including phenoxy) is 1. The molecule has 0 bridgehead atoms. The van der Waals surface area contributed by atoms with E-state index >= 15 is 0 Å². The van der Waals surface area contributed by atoms with Crippen molar-refractivity contribution < 1.29 is 9.53 Å². The van der Waals surface area contributed by atoms with Crippen LogP contribution < -0.4 is 10.1 Å². The minimum atomic E-state index is -0.150. The number of methoxy groups -OCH3 is 1. The standard InChI is InChI=1S/C26H22Cl2N2O2/c1-16-3-10-24-21(13-16)22(15-25(30-24)18-5-8-20(32-2)9-6-18)26(31)29-12-11-17-4-7-19(27)14-23(17)28/h3-10,13-15H,11-12H2,1-2H3,(H,29,31). The molecule has 0 spiro atoms. The zero-order chi connectivity index (χ0) is 22.7. The number of hydrogen-bond acceptors (Lipinski definition) is 3. The lowest BCUT2D eigenvalue weighted by atomic mass is 10.0. The number of aromatic nitrogens is 1. The van der Waals surface area contributed by atoms with Gasteiger partial charge in [0.25, 0.3) is 5.91 Å². The zero-order valence-electron chi connectivity index (χ0n) is 17.8. The number of benzene rings is 3. The number of carbonyl (C=O) groups excluding carboxylic acids is 1. The van der Waals surface area contributed by atoms with Gasteiger partial charge >= 0.3 is 0 Å². The number of amides is 1. The highest BCUT2D eigenvalue weighted by Gasteiger charge is 2.15. The smallest absolute Gasteiger partial charge is 0.252 e. The Morgan fingerprint density at radius 2 is 1.78 bits per heavy atom. The average molecular weight is 465 g/mol. The summed E-state index contributed by atoms with van der Waals surface area (Å²) in [5.74, 6) is 0.617. The highest BCUT2D eigenvalue weighted by atomic mass is 35.5. The van der Waals surface area contributed by atoms with Crippen molar-refractivity contribution in [3.63, 3.8) is 0 Å². The van der Waals surface area contributed by atoms with Crippen LogP contribution in [-0.2, 0) is 6.42 Å². The largest absolute Gasteiger partial charge is 0.497 e. The fourth-order valence-electron chi connectivity index (χ4n) is 3.57. The molecule has 1 amide bonds. The second-order valence-corrected chi connectivity index (χ2v) is 8.39. The van der Waals surface area contributed by atoms with Crippen LogP contribution >= 0.6 is 23.2 Å². The Hall–Kier alpha value is -3.08. The molecule has 4 rings (SSSR count). The first-order valence-corrected chi connectivity index (χ1v) is 11.0. The van der Waals surface area contributed by atoms with E-state index in [1.54, 1.807) is 19.2 Å². The van der Waals surface area contributed by atoms with Crippen LogP contribution in [0.4, 0.5) is 0 Å². The second kappa shape index (κ2) is 9.60. The van der Waals surface area contributed by atoms with E-state index in [-0.39, 0.29) is 5.91 Å². The Balaban J connectivity index is 1.63. The SMILES string of the molecule is COc1ccc(-c2cc(C(=O)NCCc3ccc(Cl)cc3Cl)c3cc(C)ccc3n2)cc1. The Morgan fingerprint density at radius 1 is 1.00 bits per heavy atom. The normalized spacial score (nSPS) is 10.9. The number of aryl methyl sites for hydroxylation is 1. The summed E-state index contributed by atoms with van der Waals surface area (Å²) in [7, 11) is 1.63. The lowest BCUT2D eigenvalue weighted by Gasteiger charge is -2.12. The number of fused-ring (bicyclic) bond motifs is 1. The van der Waals surface area contributed by atoms with Gasteiger partial charge in [0.05, 0.1) is 23.9 Å². The highest BCUT2D eigenvalue weighted by Crippen LogP contribution is 2.27. The maximum Gasteiger partial charge on any atom is 0.252 e. The van der Waals surface area contributed by atoms with Gasteiger partial charge in [0.15, 0.2) is 0 Å². The van der Waals surface area contributed by atoms with Crippen molar-refractivity contribution in [3.05, 3.63) is 93.5 Å². The molecule has 1 N–H and O–H groups in total. The second-order valence-electron chi connectivity index (χ2n) is 7.55. The zero-order valence-corrected chi connectivity index (χ0v) is 19.3. The molecule has 0 aliphatic heterocycles. The Bertz CT molecular complexity index is 1290. The summed E-state index contributed by atoms with van der Waals surface area (Å²) < 4.78 is 5.24. The highest BCUT2D eigenvalue weighted by molar-refractivity contribution is 6.35. The molecule has 162 valence electrons. The number of nitrogens with zero attached hydrogens (tertiary/aromatic N) is 1. The Labute approximate surface area is 197 Å². The molecule has 0 saturated heterocycles. The van der Waals surface area contributed by atoms with Gasteiger partial charge in [0.1, 0.15) is 5.75 Å². The van der Waals surface area contributed by atoms with Gasteiger partial charge in [0, 0.05) is 27.5 Å². The fraction of sp³-hybridized carbons (Fsp3) is 0.154. The summed E-state index contributed by atoms with van der Waals surface area (Å²) >= 11 is 12.2.